The van der Waals surface area contributed by atoms with Gasteiger partial charge in [0.15, 0.2) is 0 Å². The monoisotopic (exact) mass is 356 g/mol. The summed E-state index contributed by atoms with van der Waals surface area (Å²) in [7, 11) is -2.41. The molecule has 0 bridgehead atoms. The van der Waals surface area contributed by atoms with Crippen LogP contribution in [0.25, 0.3) is 0 Å². The summed E-state index contributed by atoms with van der Waals surface area (Å²) in [5.41, 5.74) is 0. The van der Waals surface area contributed by atoms with Gasteiger partial charge in [0.05, 0.1) is 0 Å². The fourth-order valence-corrected chi connectivity index (χ4v) is 8.24. The molecule has 0 aliphatic heterocycles. The summed E-state index contributed by atoms with van der Waals surface area (Å²) in [6.07, 6.45) is 1.83. The first-order valence-electron chi connectivity index (χ1n) is 9.27. The molecule has 2 rings (SSSR count). The zero-order valence-electron chi connectivity index (χ0n) is 16.0. The molecule has 1 atom stereocenters. The van der Waals surface area contributed by atoms with E-state index in [1.165, 1.54) is 10.4 Å². The maximum Gasteiger partial charge on any atom is 0.261 e. The average Bonchev–Trinajstić information content (AvgIpc) is 2.61. The van der Waals surface area contributed by atoms with Gasteiger partial charge in [-0.2, -0.15) is 0 Å². The van der Waals surface area contributed by atoms with Crippen molar-refractivity contribution in [3.05, 3.63) is 60.7 Å². The quantitative estimate of drug-likeness (QED) is 0.725. The van der Waals surface area contributed by atoms with E-state index >= 15 is 0 Å². The molecule has 3 heteroatoms. The van der Waals surface area contributed by atoms with Crippen molar-refractivity contribution in [2.75, 3.05) is 13.2 Å². The van der Waals surface area contributed by atoms with Gasteiger partial charge in [-0.3, -0.25) is 0 Å². The van der Waals surface area contributed by atoms with Gasteiger partial charge in [0.25, 0.3) is 8.32 Å². The Balaban J connectivity index is 2.46. The Morgan fingerprint density at radius 2 is 1.40 bits per heavy atom. The first-order chi connectivity index (χ1) is 11.9. The van der Waals surface area contributed by atoms with Gasteiger partial charge in [0, 0.05) is 13.2 Å². The Morgan fingerprint density at radius 3 is 1.80 bits per heavy atom. The highest BCUT2D eigenvalue weighted by Gasteiger charge is 2.50. The molecule has 0 aliphatic carbocycles. The second-order valence-electron chi connectivity index (χ2n) is 7.95. The van der Waals surface area contributed by atoms with Gasteiger partial charge >= 0.3 is 0 Å². The number of aliphatic hydroxyl groups excluding tert-OH is 1. The summed E-state index contributed by atoms with van der Waals surface area (Å²) in [5.74, 6) is 0.439. The minimum atomic E-state index is -2.41. The van der Waals surface area contributed by atoms with Crippen LogP contribution in [0.5, 0.6) is 0 Å². The summed E-state index contributed by atoms with van der Waals surface area (Å²) < 4.78 is 6.88. The van der Waals surface area contributed by atoms with Gasteiger partial charge in [-0.05, 0) is 34.2 Å². The summed E-state index contributed by atoms with van der Waals surface area (Å²) in [5, 5.41) is 11.8. The van der Waals surface area contributed by atoms with Crippen molar-refractivity contribution >= 4 is 18.7 Å². The summed E-state index contributed by atoms with van der Waals surface area (Å²) in [4.78, 5) is 0. The third-order valence-electron chi connectivity index (χ3n) is 4.86. The van der Waals surface area contributed by atoms with E-state index in [4.69, 9.17) is 9.53 Å². The molecule has 25 heavy (non-hydrogen) atoms. The van der Waals surface area contributed by atoms with E-state index in [0.29, 0.717) is 5.92 Å². The van der Waals surface area contributed by atoms with Gasteiger partial charge in [0.1, 0.15) is 0 Å². The number of aliphatic hydroxyl groups is 1. The van der Waals surface area contributed by atoms with Crippen LogP contribution in [0.4, 0.5) is 0 Å². The number of hydrogen-bond acceptors (Lipinski definition) is 2. The Kier molecular flexibility index (Phi) is 7.00. The van der Waals surface area contributed by atoms with Crippen molar-refractivity contribution < 1.29 is 9.53 Å². The Hall–Kier alpha value is -1.42. The molecule has 1 N–H and O–H groups in total. The highest BCUT2D eigenvalue weighted by Crippen LogP contribution is 2.37. The maximum atomic E-state index is 9.10. The van der Waals surface area contributed by atoms with E-state index < -0.39 is 8.32 Å². The molecule has 0 fully saturated rings. The standard InChI is InChI=1S/C22H32O2Si/c1-19(12-11-17-23)18-24-25(22(2,3)4,20-13-7-5-8-14-20)21-15-9-6-10-16-21/h5-10,13-16,19,23H,11-12,17-18H2,1-4H3/t19-/m1/s1. The molecule has 136 valence electrons. The van der Waals surface area contributed by atoms with Crippen molar-refractivity contribution in [2.24, 2.45) is 5.92 Å². The van der Waals surface area contributed by atoms with Crippen LogP contribution in [0.15, 0.2) is 60.7 Å². The molecule has 2 aromatic carbocycles. The van der Waals surface area contributed by atoms with Crippen molar-refractivity contribution in [1.82, 2.24) is 0 Å². The van der Waals surface area contributed by atoms with Crippen molar-refractivity contribution in [3.63, 3.8) is 0 Å². The Labute approximate surface area is 154 Å². The van der Waals surface area contributed by atoms with Gasteiger partial charge in [-0.1, -0.05) is 88.4 Å². The highest BCUT2D eigenvalue weighted by atomic mass is 28.4. The van der Waals surface area contributed by atoms with Gasteiger partial charge in [-0.15, -0.1) is 0 Å². The topological polar surface area (TPSA) is 29.5 Å². The predicted molar refractivity (Wildman–Crippen MR) is 109 cm³/mol. The summed E-state index contributed by atoms with van der Waals surface area (Å²) >= 11 is 0. The van der Waals surface area contributed by atoms with E-state index in [2.05, 4.69) is 88.4 Å². The molecule has 0 saturated heterocycles. The molecule has 0 heterocycles. The second kappa shape index (κ2) is 8.79. The Morgan fingerprint density at radius 1 is 0.920 bits per heavy atom. The summed E-state index contributed by atoms with van der Waals surface area (Å²) in [6.45, 7) is 10.1. The average molecular weight is 357 g/mol. The predicted octanol–water partition coefficient (Wildman–Crippen LogP) is 3.97. The maximum absolute atomic E-state index is 9.10. The third kappa shape index (κ3) is 4.60. The van der Waals surface area contributed by atoms with Gasteiger partial charge in [0.2, 0.25) is 0 Å². The molecule has 0 unspecified atom stereocenters. The smallest absolute Gasteiger partial charge is 0.261 e. The van der Waals surface area contributed by atoms with E-state index in [1.807, 2.05) is 0 Å². The fraction of sp³-hybridized carbons (Fsp3) is 0.455. The van der Waals surface area contributed by atoms with Crippen LogP contribution in [0.2, 0.25) is 5.04 Å². The van der Waals surface area contributed by atoms with E-state index in [1.54, 1.807) is 0 Å². The minimum absolute atomic E-state index is 0.0202. The first-order valence-corrected chi connectivity index (χ1v) is 11.2. The normalized spacial score (nSPS) is 13.6. The lowest BCUT2D eigenvalue weighted by molar-refractivity contribution is 0.218. The van der Waals surface area contributed by atoms with Gasteiger partial charge < -0.3 is 9.53 Å². The zero-order chi connectivity index (χ0) is 18.3. The van der Waals surface area contributed by atoms with Crippen LogP contribution in [0, 0.1) is 5.92 Å². The fourth-order valence-electron chi connectivity index (χ4n) is 3.55. The van der Waals surface area contributed by atoms with E-state index in [9.17, 15) is 0 Å². The zero-order valence-corrected chi connectivity index (χ0v) is 17.0. The lowest BCUT2D eigenvalue weighted by atomic mass is 10.1. The first kappa shape index (κ1) is 19.9. The SMILES string of the molecule is C[C@H](CCCO)CO[Si](c1ccccc1)(c1ccccc1)C(C)(C)C. The molecular weight excluding hydrogens is 324 g/mol. The molecule has 2 nitrogen and oxygen atoms in total. The molecule has 0 aliphatic rings. The molecule has 0 aromatic heterocycles. The largest absolute Gasteiger partial charge is 0.407 e. The third-order valence-corrected chi connectivity index (χ3v) is 9.86. The van der Waals surface area contributed by atoms with Crippen LogP contribution in [-0.4, -0.2) is 26.6 Å². The second-order valence-corrected chi connectivity index (χ2v) is 12.3. The number of rotatable bonds is 8. The molecule has 2 aromatic rings. The lowest BCUT2D eigenvalue weighted by Crippen LogP contribution is -2.66. The van der Waals surface area contributed by atoms with Crippen LogP contribution >= 0.6 is 0 Å². The van der Waals surface area contributed by atoms with Crippen molar-refractivity contribution in [3.8, 4) is 0 Å². The summed E-state index contributed by atoms with van der Waals surface area (Å²) in [6, 6.07) is 21.5. The van der Waals surface area contributed by atoms with E-state index in [0.717, 1.165) is 19.4 Å². The van der Waals surface area contributed by atoms with Crippen LogP contribution in [-0.2, 0) is 4.43 Å². The van der Waals surface area contributed by atoms with Crippen molar-refractivity contribution in [2.45, 2.75) is 45.6 Å². The molecule has 0 amide bonds. The number of hydrogen-bond donors (Lipinski definition) is 1. The van der Waals surface area contributed by atoms with Crippen molar-refractivity contribution in [1.29, 1.82) is 0 Å². The minimum Gasteiger partial charge on any atom is -0.407 e. The molecule has 0 radical (unpaired) electrons. The van der Waals surface area contributed by atoms with Crippen LogP contribution < -0.4 is 10.4 Å². The highest BCUT2D eigenvalue weighted by molar-refractivity contribution is 6.99. The lowest BCUT2D eigenvalue weighted by Gasteiger charge is -2.43. The van der Waals surface area contributed by atoms with Crippen LogP contribution in [0.3, 0.4) is 0 Å². The van der Waals surface area contributed by atoms with Gasteiger partial charge in [-0.25, -0.2) is 0 Å². The molecular formula is C22H32O2Si. The Bertz CT molecular complexity index is 580. The number of benzene rings is 2. The molecule has 0 saturated carbocycles. The molecule has 0 spiro atoms. The van der Waals surface area contributed by atoms with E-state index in [-0.39, 0.29) is 11.6 Å². The van der Waals surface area contributed by atoms with Crippen LogP contribution in [0.1, 0.15) is 40.5 Å².